The van der Waals surface area contributed by atoms with Crippen LogP contribution in [0.2, 0.25) is 10.0 Å². The highest BCUT2D eigenvalue weighted by Gasteiger charge is 2.33. The number of sulfonamides is 1. The second-order valence-corrected chi connectivity index (χ2v) is 12.4. The monoisotopic (exact) mass is 587 g/mol. The van der Waals surface area contributed by atoms with Gasteiger partial charge in [0.05, 0.1) is 10.6 Å². The lowest BCUT2D eigenvalue weighted by molar-refractivity contribution is -0.139. The third kappa shape index (κ3) is 7.32. The Bertz CT molecular complexity index is 1410. The zero-order valence-electron chi connectivity index (χ0n) is 21.6. The maximum atomic E-state index is 13.9. The SMILES string of the molecule is C[C@@H](C(=O)NC1CCCC1)N(Cc1cccc(Cl)c1)C(=O)CN(c1cccc(Cl)c1)S(=O)(=O)c1ccccc1. The molecule has 0 aromatic heterocycles. The van der Waals surface area contributed by atoms with Gasteiger partial charge in [-0.1, -0.05) is 72.4 Å². The van der Waals surface area contributed by atoms with E-state index < -0.39 is 28.5 Å². The van der Waals surface area contributed by atoms with Gasteiger partial charge in [0.15, 0.2) is 0 Å². The summed E-state index contributed by atoms with van der Waals surface area (Å²) in [5, 5.41) is 3.87. The second kappa shape index (κ2) is 12.9. The molecule has 10 heteroatoms. The predicted molar refractivity (Wildman–Crippen MR) is 154 cm³/mol. The van der Waals surface area contributed by atoms with Crippen molar-refractivity contribution >= 4 is 50.7 Å². The summed E-state index contributed by atoms with van der Waals surface area (Å²) in [7, 11) is -4.14. The van der Waals surface area contributed by atoms with E-state index in [9.17, 15) is 18.0 Å². The number of amides is 2. The molecule has 0 spiro atoms. The van der Waals surface area contributed by atoms with Crippen molar-refractivity contribution in [1.82, 2.24) is 10.2 Å². The lowest BCUT2D eigenvalue weighted by atomic mass is 10.1. The lowest BCUT2D eigenvalue weighted by Gasteiger charge is -2.32. The molecular formula is C29H31Cl2N3O4S. The van der Waals surface area contributed by atoms with E-state index in [1.165, 1.54) is 23.1 Å². The summed E-state index contributed by atoms with van der Waals surface area (Å²) in [5.41, 5.74) is 0.960. The van der Waals surface area contributed by atoms with E-state index in [2.05, 4.69) is 5.32 Å². The molecule has 3 aromatic rings. The average molecular weight is 589 g/mol. The summed E-state index contributed by atoms with van der Waals surface area (Å²) in [6.07, 6.45) is 3.91. The van der Waals surface area contributed by atoms with Crippen molar-refractivity contribution in [2.75, 3.05) is 10.8 Å². The molecule has 1 saturated carbocycles. The van der Waals surface area contributed by atoms with Crippen LogP contribution in [0.3, 0.4) is 0 Å². The minimum absolute atomic E-state index is 0.0335. The van der Waals surface area contributed by atoms with E-state index in [-0.39, 0.29) is 29.1 Å². The summed E-state index contributed by atoms with van der Waals surface area (Å²) in [4.78, 5) is 28.6. The summed E-state index contributed by atoms with van der Waals surface area (Å²) in [6.45, 7) is 1.20. The molecule has 4 rings (SSSR count). The Morgan fingerprint density at radius 1 is 0.923 bits per heavy atom. The Morgan fingerprint density at radius 3 is 2.21 bits per heavy atom. The Hall–Kier alpha value is -3.07. The van der Waals surface area contributed by atoms with Crippen molar-refractivity contribution in [2.24, 2.45) is 0 Å². The molecule has 1 atom stereocenters. The zero-order chi connectivity index (χ0) is 28.0. The maximum absolute atomic E-state index is 13.9. The molecule has 7 nitrogen and oxygen atoms in total. The molecule has 206 valence electrons. The van der Waals surface area contributed by atoms with E-state index in [1.807, 2.05) is 6.07 Å². The number of hydrogen-bond acceptors (Lipinski definition) is 4. The molecule has 1 N–H and O–H groups in total. The van der Waals surface area contributed by atoms with E-state index in [0.717, 1.165) is 35.6 Å². The molecule has 0 heterocycles. The predicted octanol–water partition coefficient (Wildman–Crippen LogP) is 5.66. The van der Waals surface area contributed by atoms with Gasteiger partial charge in [0.25, 0.3) is 10.0 Å². The molecular weight excluding hydrogens is 557 g/mol. The topological polar surface area (TPSA) is 86.8 Å². The fourth-order valence-corrected chi connectivity index (χ4v) is 6.51. The van der Waals surface area contributed by atoms with E-state index >= 15 is 0 Å². The quantitative estimate of drug-likeness (QED) is 0.331. The highest BCUT2D eigenvalue weighted by atomic mass is 35.5. The van der Waals surface area contributed by atoms with Crippen LogP contribution >= 0.6 is 23.2 Å². The first kappa shape index (κ1) is 28.9. The molecule has 0 bridgehead atoms. The van der Waals surface area contributed by atoms with Crippen molar-refractivity contribution in [1.29, 1.82) is 0 Å². The third-order valence-electron chi connectivity index (χ3n) is 6.82. The van der Waals surface area contributed by atoms with Gasteiger partial charge in [-0.2, -0.15) is 0 Å². The average Bonchev–Trinajstić information content (AvgIpc) is 3.43. The number of rotatable bonds is 10. The first-order valence-electron chi connectivity index (χ1n) is 12.8. The number of carbonyl (C=O) groups is 2. The summed E-state index contributed by atoms with van der Waals surface area (Å²) >= 11 is 12.4. The molecule has 1 fully saturated rings. The lowest BCUT2D eigenvalue weighted by Crippen LogP contribution is -2.52. The molecule has 39 heavy (non-hydrogen) atoms. The number of nitrogens with one attached hydrogen (secondary N) is 1. The fraction of sp³-hybridized carbons (Fsp3) is 0.310. The smallest absolute Gasteiger partial charge is 0.264 e. The van der Waals surface area contributed by atoms with Crippen LogP contribution in [0.25, 0.3) is 0 Å². The minimum Gasteiger partial charge on any atom is -0.352 e. The van der Waals surface area contributed by atoms with Gasteiger partial charge in [-0.05, 0) is 67.8 Å². The minimum atomic E-state index is -4.14. The summed E-state index contributed by atoms with van der Waals surface area (Å²) in [5.74, 6) is -0.818. The summed E-state index contributed by atoms with van der Waals surface area (Å²) in [6, 6.07) is 20.5. The van der Waals surface area contributed by atoms with Gasteiger partial charge in [0, 0.05) is 22.6 Å². The zero-order valence-corrected chi connectivity index (χ0v) is 23.9. The summed E-state index contributed by atoms with van der Waals surface area (Å²) < 4.78 is 28.5. The van der Waals surface area contributed by atoms with Gasteiger partial charge in [-0.3, -0.25) is 13.9 Å². The van der Waals surface area contributed by atoms with Crippen LogP contribution in [-0.4, -0.2) is 43.8 Å². The first-order valence-corrected chi connectivity index (χ1v) is 15.0. The molecule has 1 aliphatic rings. The maximum Gasteiger partial charge on any atom is 0.264 e. The van der Waals surface area contributed by atoms with E-state index in [1.54, 1.807) is 61.5 Å². The van der Waals surface area contributed by atoms with Gasteiger partial charge in [-0.25, -0.2) is 8.42 Å². The van der Waals surface area contributed by atoms with Crippen LogP contribution in [-0.2, 0) is 26.2 Å². The largest absolute Gasteiger partial charge is 0.352 e. The molecule has 3 aromatic carbocycles. The van der Waals surface area contributed by atoms with Crippen molar-refractivity contribution in [2.45, 2.75) is 56.1 Å². The molecule has 0 aliphatic heterocycles. The Kier molecular flexibility index (Phi) is 9.53. The van der Waals surface area contributed by atoms with Crippen LogP contribution in [0.4, 0.5) is 5.69 Å². The van der Waals surface area contributed by atoms with Gasteiger partial charge in [0.2, 0.25) is 11.8 Å². The van der Waals surface area contributed by atoms with Crippen LogP contribution in [0.15, 0.2) is 83.8 Å². The van der Waals surface area contributed by atoms with Crippen LogP contribution < -0.4 is 9.62 Å². The molecule has 0 radical (unpaired) electrons. The number of carbonyl (C=O) groups excluding carboxylic acids is 2. The van der Waals surface area contributed by atoms with Gasteiger partial charge < -0.3 is 10.2 Å². The first-order chi connectivity index (χ1) is 18.6. The Morgan fingerprint density at radius 2 is 1.56 bits per heavy atom. The number of nitrogens with zero attached hydrogens (tertiary/aromatic N) is 2. The van der Waals surface area contributed by atoms with Gasteiger partial charge in [0.1, 0.15) is 12.6 Å². The Labute approximate surface area is 239 Å². The molecule has 2 amide bonds. The van der Waals surface area contributed by atoms with Crippen LogP contribution in [0, 0.1) is 0 Å². The highest BCUT2D eigenvalue weighted by Crippen LogP contribution is 2.27. The van der Waals surface area contributed by atoms with Crippen molar-refractivity contribution in [3.63, 3.8) is 0 Å². The number of benzene rings is 3. The fourth-order valence-electron chi connectivity index (χ4n) is 4.69. The normalized spacial score (nSPS) is 14.5. The van der Waals surface area contributed by atoms with Crippen molar-refractivity contribution < 1.29 is 18.0 Å². The third-order valence-corrected chi connectivity index (χ3v) is 9.08. The molecule has 1 aliphatic carbocycles. The number of halogens is 2. The van der Waals surface area contributed by atoms with Gasteiger partial charge in [-0.15, -0.1) is 0 Å². The van der Waals surface area contributed by atoms with Crippen molar-refractivity contribution in [3.05, 3.63) is 94.5 Å². The van der Waals surface area contributed by atoms with Crippen LogP contribution in [0.5, 0.6) is 0 Å². The van der Waals surface area contributed by atoms with Gasteiger partial charge >= 0.3 is 0 Å². The molecule has 0 unspecified atom stereocenters. The number of hydrogen-bond donors (Lipinski definition) is 1. The molecule has 0 saturated heterocycles. The van der Waals surface area contributed by atoms with E-state index in [0.29, 0.717) is 10.0 Å². The van der Waals surface area contributed by atoms with Crippen molar-refractivity contribution in [3.8, 4) is 0 Å². The van der Waals surface area contributed by atoms with Crippen LogP contribution in [0.1, 0.15) is 38.2 Å². The standard InChI is InChI=1S/C29H31Cl2N3O4S/c1-21(29(36)32-25-12-5-6-13-25)33(19-22-9-7-10-23(30)17-22)28(35)20-34(26-14-8-11-24(31)18-26)39(37,38)27-15-3-2-4-16-27/h2-4,7-11,14-18,21,25H,5-6,12-13,19-20H2,1H3,(H,32,36)/t21-/m0/s1. The van der Waals surface area contributed by atoms with E-state index in [4.69, 9.17) is 23.2 Å². The Balaban J connectivity index is 1.68. The number of anilines is 1. The second-order valence-electron chi connectivity index (χ2n) is 9.62. The highest BCUT2D eigenvalue weighted by molar-refractivity contribution is 7.92.